The van der Waals surface area contributed by atoms with E-state index in [1.165, 1.54) is 23.1 Å². The molecule has 0 aliphatic carbocycles. The standard InChI is InChI=1S/C19H18N8OS3/c20-19-25-16-11(4-3-5-12(16)30-19)10-7-8-13(29-14-6-1-2-9-24-14)17(31(23)28)15(10)18(26-21)27-22/h1-9H,21-23H2,(H2,20,25)(H,26,27). The molecule has 1 atom stereocenters. The Balaban J connectivity index is 2.00. The largest absolute Gasteiger partial charge is 0.593 e. The average Bonchev–Trinajstić information content (AvgIpc) is 3.15. The van der Waals surface area contributed by atoms with Gasteiger partial charge in [0.05, 0.1) is 32.0 Å². The zero-order chi connectivity index (χ0) is 22.0. The summed E-state index contributed by atoms with van der Waals surface area (Å²) in [6.45, 7) is 0. The molecular weight excluding hydrogens is 452 g/mol. The van der Waals surface area contributed by atoms with Crippen molar-refractivity contribution in [3.05, 3.63) is 60.3 Å². The lowest BCUT2D eigenvalue weighted by atomic mass is 9.98. The zero-order valence-corrected chi connectivity index (χ0v) is 18.4. The molecule has 2 aromatic carbocycles. The van der Waals surface area contributed by atoms with Crippen LogP contribution in [0, 0.1) is 0 Å². The number of para-hydroxylation sites is 1. The highest BCUT2D eigenvalue weighted by atomic mass is 32.2. The Morgan fingerprint density at radius 1 is 1.13 bits per heavy atom. The number of hydrazine groups is 1. The van der Waals surface area contributed by atoms with Gasteiger partial charge in [0.25, 0.3) is 0 Å². The summed E-state index contributed by atoms with van der Waals surface area (Å²) in [5, 5.41) is 10.8. The summed E-state index contributed by atoms with van der Waals surface area (Å²) >= 11 is 0.816. The summed E-state index contributed by atoms with van der Waals surface area (Å²) in [7, 11) is 0. The minimum absolute atomic E-state index is 0.132. The van der Waals surface area contributed by atoms with Crippen molar-refractivity contribution >= 4 is 55.6 Å². The number of nitrogens with two attached hydrogens (primary N) is 4. The van der Waals surface area contributed by atoms with E-state index in [0.717, 1.165) is 10.3 Å². The fourth-order valence-corrected chi connectivity index (χ4v) is 5.80. The third-order valence-electron chi connectivity index (χ3n) is 4.40. The minimum Gasteiger partial charge on any atom is -0.593 e. The molecular formula is C19H18N8OS3. The van der Waals surface area contributed by atoms with Gasteiger partial charge in [-0.05, 0) is 24.3 Å². The van der Waals surface area contributed by atoms with Gasteiger partial charge in [0.2, 0.25) is 0 Å². The number of hydrazone groups is 1. The smallest absolute Gasteiger partial charge is 0.199 e. The predicted octanol–water partition coefficient (Wildman–Crippen LogP) is 2.16. The van der Waals surface area contributed by atoms with Crippen molar-refractivity contribution in [2.24, 2.45) is 21.9 Å². The number of rotatable bonds is 5. The molecule has 2 aromatic heterocycles. The van der Waals surface area contributed by atoms with Crippen LogP contribution in [0.25, 0.3) is 21.3 Å². The maximum absolute atomic E-state index is 12.7. The molecule has 0 saturated carbocycles. The van der Waals surface area contributed by atoms with Gasteiger partial charge in [-0.25, -0.2) is 15.8 Å². The van der Waals surface area contributed by atoms with Crippen molar-refractivity contribution in [2.75, 3.05) is 5.73 Å². The van der Waals surface area contributed by atoms with Gasteiger partial charge in [-0.3, -0.25) is 0 Å². The van der Waals surface area contributed by atoms with E-state index in [4.69, 9.17) is 22.6 Å². The molecule has 0 amide bonds. The van der Waals surface area contributed by atoms with Gasteiger partial charge in [-0.2, -0.15) is 5.10 Å². The third-order valence-corrected chi connectivity index (χ3v) is 7.22. The topological polar surface area (TPSA) is 177 Å². The molecule has 12 heteroatoms. The van der Waals surface area contributed by atoms with Gasteiger partial charge in [0, 0.05) is 17.3 Å². The molecule has 0 bridgehead atoms. The molecule has 0 saturated heterocycles. The summed E-state index contributed by atoms with van der Waals surface area (Å²) in [4.78, 5) is 9.74. The van der Waals surface area contributed by atoms with E-state index < -0.39 is 11.4 Å². The van der Waals surface area contributed by atoms with Crippen molar-refractivity contribution in [1.82, 2.24) is 15.4 Å². The van der Waals surface area contributed by atoms with Crippen LogP contribution in [0.1, 0.15) is 5.56 Å². The summed E-state index contributed by atoms with van der Waals surface area (Å²) in [6.07, 6.45) is 1.68. The molecule has 0 radical (unpaired) electrons. The van der Waals surface area contributed by atoms with E-state index in [9.17, 15) is 4.55 Å². The van der Waals surface area contributed by atoms with Crippen molar-refractivity contribution in [2.45, 2.75) is 14.8 Å². The van der Waals surface area contributed by atoms with Crippen LogP contribution >= 0.6 is 23.1 Å². The maximum Gasteiger partial charge on any atom is 0.199 e. The Morgan fingerprint density at radius 2 is 1.97 bits per heavy atom. The molecule has 2 heterocycles. The van der Waals surface area contributed by atoms with Crippen LogP contribution in [-0.4, -0.2) is 20.4 Å². The van der Waals surface area contributed by atoms with E-state index in [-0.39, 0.29) is 5.84 Å². The van der Waals surface area contributed by atoms with Crippen LogP contribution in [0.4, 0.5) is 5.13 Å². The molecule has 31 heavy (non-hydrogen) atoms. The molecule has 9 nitrogen and oxygen atoms in total. The second kappa shape index (κ2) is 9.09. The first-order valence-electron chi connectivity index (χ1n) is 8.85. The Labute approximate surface area is 189 Å². The number of fused-ring (bicyclic) bond motifs is 1. The predicted molar refractivity (Wildman–Crippen MR) is 126 cm³/mol. The molecule has 0 aliphatic rings. The molecule has 0 aliphatic heterocycles. The molecule has 4 rings (SSSR count). The summed E-state index contributed by atoms with van der Waals surface area (Å²) in [5.41, 5.74) is 11.0. The average molecular weight is 471 g/mol. The number of nitrogen functional groups attached to an aromatic ring is 1. The first kappa shape index (κ1) is 21.4. The van der Waals surface area contributed by atoms with Crippen LogP contribution in [0.15, 0.2) is 74.6 Å². The summed E-state index contributed by atoms with van der Waals surface area (Å²) in [5.74, 6) is 11.4. The number of hydrogen-bond acceptors (Lipinski definition) is 10. The second-order valence-electron chi connectivity index (χ2n) is 6.21. The lowest BCUT2D eigenvalue weighted by Crippen LogP contribution is -2.34. The van der Waals surface area contributed by atoms with Crippen molar-refractivity contribution in [3.8, 4) is 11.1 Å². The lowest BCUT2D eigenvalue weighted by molar-refractivity contribution is 0.594. The number of nitrogens with one attached hydrogen (secondary N) is 1. The first-order valence-corrected chi connectivity index (χ1v) is 11.7. The van der Waals surface area contributed by atoms with Gasteiger partial charge in [-0.1, -0.05) is 47.4 Å². The van der Waals surface area contributed by atoms with E-state index >= 15 is 0 Å². The number of pyridine rings is 1. The van der Waals surface area contributed by atoms with E-state index in [1.807, 2.05) is 48.5 Å². The van der Waals surface area contributed by atoms with Gasteiger partial charge in [0.1, 0.15) is 5.03 Å². The van der Waals surface area contributed by atoms with Crippen LogP contribution in [-0.2, 0) is 11.4 Å². The van der Waals surface area contributed by atoms with Crippen molar-refractivity contribution in [3.63, 3.8) is 0 Å². The van der Waals surface area contributed by atoms with Crippen molar-refractivity contribution < 1.29 is 4.55 Å². The monoisotopic (exact) mass is 470 g/mol. The second-order valence-corrected chi connectivity index (χ2v) is 9.34. The molecule has 158 valence electrons. The van der Waals surface area contributed by atoms with Crippen LogP contribution < -0.4 is 28.0 Å². The maximum atomic E-state index is 12.7. The van der Waals surface area contributed by atoms with Gasteiger partial charge >= 0.3 is 0 Å². The fourth-order valence-electron chi connectivity index (χ4n) is 3.18. The number of benzene rings is 2. The summed E-state index contributed by atoms with van der Waals surface area (Å²) < 4.78 is 13.6. The molecule has 4 aromatic rings. The molecule has 1 unspecified atom stereocenters. The SMILES string of the molecule is N/N=C(\NN)c1c(-c2cccc3sc(N)nc23)ccc(Sc2ccccn2)c1[S+](N)[O-]. The van der Waals surface area contributed by atoms with E-state index in [2.05, 4.69) is 20.5 Å². The lowest BCUT2D eigenvalue weighted by Gasteiger charge is -2.18. The third kappa shape index (κ3) is 4.17. The minimum atomic E-state index is -1.89. The number of amidine groups is 1. The number of nitrogens with zero attached hydrogens (tertiary/aromatic N) is 3. The van der Waals surface area contributed by atoms with E-state index in [1.54, 1.807) is 6.20 Å². The number of aromatic nitrogens is 2. The highest BCUT2D eigenvalue weighted by Gasteiger charge is 2.28. The number of hydrogen-bond donors (Lipinski definition) is 5. The van der Waals surface area contributed by atoms with Gasteiger partial charge < -0.3 is 21.6 Å². The molecule has 0 fully saturated rings. The highest BCUT2D eigenvalue weighted by Crippen LogP contribution is 2.40. The Bertz CT molecular complexity index is 1260. The van der Waals surface area contributed by atoms with Crippen LogP contribution in [0.2, 0.25) is 0 Å². The van der Waals surface area contributed by atoms with Gasteiger partial charge in [0.15, 0.2) is 15.9 Å². The quantitative estimate of drug-likeness (QED) is 0.0961. The zero-order valence-electron chi connectivity index (χ0n) is 16.0. The number of thiazole rings is 1. The molecule has 9 N–H and O–H groups in total. The Morgan fingerprint density at radius 3 is 2.65 bits per heavy atom. The van der Waals surface area contributed by atoms with Crippen LogP contribution in [0.3, 0.4) is 0 Å². The van der Waals surface area contributed by atoms with E-state index in [0.29, 0.717) is 36.6 Å². The fraction of sp³-hybridized carbons (Fsp3) is 0. The number of anilines is 1. The molecule has 0 spiro atoms. The summed E-state index contributed by atoms with van der Waals surface area (Å²) in [6, 6.07) is 14.9. The Kier molecular flexibility index (Phi) is 6.27. The Hall–Kier alpha value is -2.87. The van der Waals surface area contributed by atoms with Gasteiger partial charge in [-0.15, -0.1) is 5.14 Å². The van der Waals surface area contributed by atoms with Crippen molar-refractivity contribution in [1.29, 1.82) is 0 Å². The normalized spacial score (nSPS) is 12.8. The van der Waals surface area contributed by atoms with Crippen LogP contribution in [0.5, 0.6) is 0 Å². The first-order chi connectivity index (χ1) is 15.0. The highest BCUT2D eigenvalue weighted by molar-refractivity contribution is 8.00.